The van der Waals surface area contributed by atoms with Crippen LogP contribution < -0.4 is 4.74 Å². The topological polar surface area (TPSA) is 405 Å². The Morgan fingerprint density at radius 3 is 0.785 bits per heavy atom. The second-order valence-corrected chi connectivity index (χ2v) is 18.9. The Bertz CT molecular complexity index is 4670. The number of hydrogen-bond donors (Lipinski definition) is 6. The Hall–Kier alpha value is -13.9. The third-order valence-electron chi connectivity index (χ3n) is 12.7. The van der Waals surface area contributed by atoms with Gasteiger partial charge in [-0.15, -0.1) is 0 Å². The van der Waals surface area contributed by atoms with Gasteiger partial charge in [0.15, 0.2) is 0 Å². The number of carbonyl (C=O) groups excluding carboxylic acids is 1. The second kappa shape index (κ2) is 30.1. The highest BCUT2D eigenvalue weighted by Gasteiger charge is 2.18. The minimum atomic E-state index is -1.20. The Balaban J connectivity index is 0.000000147. The van der Waals surface area contributed by atoms with Crippen LogP contribution in [0.25, 0.3) is 91.1 Å². The number of rotatable bonds is 16. The van der Waals surface area contributed by atoms with Crippen molar-refractivity contribution in [3.63, 3.8) is 0 Å². The molecule has 12 heterocycles. The predicted molar refractivity (Wildman–Crippen MR) is 331 cm³/mol. The fourth-order valence-corrected chi connectivity index (χ4v) is 8.32. The van der Waals surface area contributed by atoms with E-state index in [0.29, 0.717) is 45.6 Å². The first kappa shape index (κ1) is 63.6. The van der Waals surface area contributed by atoms with E-state index in [4.69, 9.17) is 20.1 Å². The van der Waals surface area contributed by atoms with Crippen molar-refractivity contribution in [3.8, 4) is 96.9 Å². The van der Waals surface area contributed by atoms with Crippen LogP contribution in [0.3, 0.4) is 0 Å². The Morgan fingerprint density at radius 2 is 0.484 bits per heavy atom. The van der Waals surface area contributed by atoms with Crippen molar-refractivity contribution >= 4 is 42.3 Å². The van der Waals surface area contributed by atoms with Gasteiger partial charge < -0.3 is 35.4 Å². The number of nitrogens with zero attached hydrogens (tertiary/aromatic N) is 12. The maximum atomic E-state index is 11.5. The van der Waals surface area contributed by atoms with Gasteiger partial charge in [-0.1, -0.05) is 30.3 Å². The zero-order chi connectivity index (χ0) is 65.8. The average Bonchev–Trinajstić information content (AvgIpc) is 0.900. The molecule has 6 N–H and O–H groups in total. The molecule has 26 nitrogen and oxygen atoms in total. The molecule has 0 aliphatic carbocycles. The van der Waals surface area contributed by atoms with E-state index in [1.54, 1.807) is 73.3 Å². The number of carbonyl (C=O) groups is 7. The SMILES string of the molecule is O=C(O)c1cc(-c2ccccn2)nc(-c2ccccn2)c1.O=C(O)c1ccnc(-c2cc(C(=O)O)cc(-c3ccccn3)n2)c1.O=C(O)c1ccnc(-c2cccc(-c3ccccn3)n2)c1.O=COc1ccnc(-c2cc(C(=O)O)cc(-c3cc(C(=O)O)ccn3)n2)c1. The lowest BCUT2D eigenvalue weighted by molar-refractivity contribution is -0.120. The number of carboxylic acids is 6. The molecule has 0 aromatic carbocycles. The lowest BCUT2D eigenvalue weighted by atomic mass is 10.1. The lowest BCUT2D eigenvalue weighted by Gasteiger charge is -2.08. The molecule has 0 aliphatic rings. The summed E-state index contributed by atoms with van der Waals surface area (Å²) in [7, 11) is 0. The van der Waals surface area contributed by atoms with Gasteiger partial charge in [0.25, 0.3) is 6.47 Å². The van der Waals surface area contributed by atoms with Crippen LogP contribution in [0, 0.1) is 0 Å². The molecule has 12 rings (SSSR count). The standard InChI is InChI=1S/C18H11N3O6.C17H11N3O4.2C16H11N3O2/c22-9-27-12-2-4-20-14(8-12)16-7-11(18(25)26)6-15(21-16)13-5-10(17(23)24)1-3-19-13;21-16(22)10-4-6-19-13(7-10)15-9-11(17(23)24)8-14(20-15)12-3-1-2-5-18-12;20-16(21)11-9-14(12-5-1-3-7-17-12)19-15(10-11)13-6-2-4-8-18-13;20-16(21)11-7-9-18-15(10-11)14-6-3-5-13(19-14)12-4-1-2-8-17-12/h1-9H,(H,23,24)(H,25,26);1-9H,(H,21,22)(H,23,24);2*1-10H,(H,20,21). The van der Waals surface area contributed by atoms with Gasteiger partial charge in [0.1, 0.15) is 5.75 Å². The third kappa shape index (κ3) is 17.0. The molecule has 0 saturated heterocycles. The number of pyridine rings is 12. The first-order valence-electron chi connectivity index (χ1n) is 27.0. The van der Waals surface area contributed by atoms with E-state index in [9.17, 15) is 48.9 Å². The molecule has 12 aromatic rings. The maximum absolute atomic E-state index is 11.5. The highest BCUT2D eigenvalue weighted by molar-refractivity contribution is 5.94. The summed E-state index contributed by atoms with van der Waals surface area (Å²) in [6.07, 6.45) is 12.1. The fourth-order valence-electron chi connectivity index (χ4n) is 8.32. The minimum Gasteiger partial charge on any atom is -0.478 e. The van der Waals surface area contributed by atoms with Gasteiger partial charge in [0, 0.05) is 55.6 Å². The van der Waals surface area contributed by atoms with Crippen molar-refractivity contribution in [2.75, 3.05) is 0 Å². The predicted octanol–water partition coefficient (Wildman–Crippen LogP) is 10.5. The van der Waals surface area contributed by atoms with E-state index in [1.165, 1.54) is 110 Å². The van der Waals surface area contributed by atoms with Gasteiger partial charge in [-0.05, 0) is 140 Å². The van der Waals surface area contributed by atoms with Gasteiger partial charge in [0.05, 0.1) is 124 Å². The van der Waals surface area contributed by atoms with Crippen LogP contribution in [0.1, 0.15) is 62.1 Å². The Labute approximate surface area is 524 Å². The van der Waals surface area contributed by atoms with Crippen LogP contribution in [0.4, 0.5) is 0 Å². The first-order valence-corrected chi connectivity index (χ1v) is 27.0. The summed E-state index contributed by atoms with van der Waals surface area (Å²) in [5.41, 5.74) is 7.43. The van der Waals surface area contributed by atoms with E-state index in [2.05, 4.69) is 59.8 Å². The molecule has 0 radical (unpaired) electrons. The van der Waals surface area contributed by atoms with E-state index in [-0.39, 0.29) is 79.8 Å². The molecule has 0 saturated carbocycles. The molecular formula is C67H44N12O14. The van der Waals surface area contributed by atoms with Crippen LogP contribution >= 0.6 is 0 Å². The summed E-state index contributed by atoms with van der Waals surface area (Å²) >= 11 is 0. The summed E-state index contributed by atoms with van der Waals surface area (Å²) in [6, 6.07) is 46.6. The number of hydrogen-bond acceptors (Lipinski definition) is 20. The molecule has 0 amide bonds. The highest BCUT2D eigenvalue weighted by Crippen LogP contribution is 2.28. The largest absolute Gasteiger partial charge is 0.478 e. The summed E-state index contributed by atoms with van der Waals surface area (Å²) < 4.78 is 4.76. The summed E-state index contributed by atoms with van der Waals surface area (Å²) in [5, 5.41) is 55.2. The van der Waals surface area contributed by atoms with Crippen molar-refractivity contribution < 1.29 is 68.9 Å². The van der Waals surface area contributed by atoms with Gasteiger partial charge in [0.2, 0.25) is 0 Å². The number of ether oxygens (including phenoxy) is 1. The van der Waals surface area contributed by atoms with Crippen molar-refractivity contribution in [2.24, 2.45) is 0 Å². The molecule has 0 bridgehead atoms. The highest BCUT2D eigenvalue weighted by atomic mass is 16.5. The van der Waals surface area contributed by atoms with Gasteiger partial charge >= 0.3 is 35.8 Å². The van der Waals surface area contributed by atoms with Crippen LogP contribution in [0.15, 0.2) is 225 Å². The molecule has 26 heteroatoms. The van der Waals surface area contributed by atoms with Gasteiger partial charge in [-0.25, -0.2) is 48.7 Å². The molecule has 0 spiro atoms. The second-order valence-electron chi connectivity index (χ2n) is 18.9. The number of aromatic nitrogens is 12. The summed E-state index contributed by atoms with van der Waals surface area (Å²) in [4.78, 5) is 129. The molecule has 93 heavy (non-hydrogen) atoms. The smallest absolute Gasteiger partial charge is 0.335 e. The molecule has 0 unspecified atom stereocenters. The Kier molecular flexibility index (Phi) is 20.6. The fraction of sp³-hybridized carbons (Fsp3) is 0. The molecule has 0 atom stereocenters. The van der Waals surface area contributed by atoms with Crippen LogP contribution in [0.5, 0.6) is 5.75 Å². The van der Waals surface area contributed by atoms with Crippen molar-refractivity contribution in [1.82, 2.24) is 59.8 Å². The normalized spacial score (nSPS) is 10.3. The summed E-state index contributed by atoms with van der Waals surface area (Å²) in [6.45, 7) is 0.257. The molecule has 12 aromatic heterocycles. The van der Waals surface area contributed by atoms with Crippen molar-refractivity contribution in [3.05, 3.63) is 259 Å². The van der Waals surface area contributed by atoms with Crippen molar-refractivity contribution in [1.29, 1.82) is 0 Å². The minimum absolute atomic E-state index is 0.0106. The first-order chi connectivity index (χ1) is 45.0. The van der Waals surface area contributed by atoms with Crippen molar-refractivity contribution in [2.45, 2.75) is 0 Å². The molecule has 456 valence electrons. The van der Waals surface area contributed by atoms with E-state index < -0.39 is 35.8 Å². The number of aromatic carboxylic acids is 6. The zero-order valence-corrected chi connectivity index (χ0v) is 47.8. The van der Waals surface area contributed by atoms with E-state index in [1.807, 2.05) is 42.5 Å². The van der Waals surface area contributed by atoms with Crippen LogP contribution in [-0.4, -0.2) is 133 Å². The van der Waals surface area contributed by atoms with E-state index in [0.717, 1.165) is 11.4 Å². The lowest BCUT2D eigenvalue weighted by Crippen LogP contribution is -2.02. The Morgan fingerprint density at radius 1 is 0.247 bits per heavy atom. The third-order valence-corrected chi connectivity index (χ3v) is 12.7. The number of carboxylic acid groups (broad SMARTS) is 6. The maximum Gasteiger partial charge on any atom is 0.335 e. The van der Waals surface area contributed by atoms with Crippen LogP contribution in [-0.2, 0) is 4.79 Å². The molecule has 0 fully saturated rings. The molecular weight excluding hydrogens is 1200 g/mol. The van der Waals surface area contributed by atoms with Crippen LogP contribution in [0.2, 0.25) is 0 Å². The quantitative estimate of drug-likeness (QED) is 0.0489. The monoisotopic (exact) mass is 1240 g/mol. The zero-order valence-electron chi connectivity index (χ0n) is 47.8. The van der Waals surface area contributed by atoms with Gasteiger partial charge in [-0.2, -0.15) is 0 Å². The van der Waals surface area contributed by atoms with E-state index >= 15 is 0 Å². The summed E-state index contributed by atoms with van der Waals surface area (Å²) in [5.74, 6) is -6.34. The average molecular weight is 1240 g/mol. The van der Waals surface area contributed by atoms with Gasteiger partial charge in [-0.3, -0.25) is 44.7 Å². The molecule has 0 aliphatic heterocycles.